The molecule has 0 aromatic heterocycles. The number of carbonyl (C=O) groups excluding carboxylic acids is 1. The Kier molecular flexibility index (Phi) is 2.36. The molecule has 2 fully saturated rings. The molecule has 1 saturated carbocycles. The van der Waals surface area contributed by atoms with Gasteiger partial charge in [-0.1, -0.05) is 0 Å². The predicted molar refractivity (Wildman–Crippen MR) is 51.6 cm³/mol. The second-order valence-corrected chi connectivity index (χ2v) is 4.37. The molecule has 0 aromatic rings. The lowest BCUT2D eigenvalue weighted by Crippen LogP contribution is -2.41. The molecule has 0 bridgehead atoms. The summed E-state index contributed by atoms with van der Waals surface area (Å²) in [5, 5.41) is 17.8. The Morgan fingerprint density at radius 2 is 1.69 bits per heavy atom. The van der Waals surface area contributed by atoms with E-state index in [0.29, 0.717) is 13.1 Å². The van der Waals surface area contributed by atoms with Gasteiger partial charge in [-0.2, -0.15) is 0 Å². The van der Waals surface area contributed by atoms with Crippen LogP contribution >= 0.6 is 0 Å². The largest absolute Gasteiger partial charge is 0.481 e. The lowest BCUT2D eigenvalue weighted by atomic mass is 10.0. The molecule has 0 spiro atoms. The fourth-order valence-electron chi connectivity index (χ4n) is 2.33. The van der Waals surface area contributed by atoms with Gasteiger partial charge in [-0.05, 0) is 19.3 Å². The van der Waals surface area contributed by atoms with Crippen LogP contribution in [0, 0.1) is 11.3 Å². The minimum Gasteiger partial charge on any atom is -0.481 e. The highest BCUT2D eigenvalue weighted by atomic mass is 16.4. The Hall–Kier alpha value is -1.59. The molecule has 2 aliphatic rings. The second-order valence-electron chi connectivity index (χ2n) is 4.37. The summed E-state index contributed by atoms with van der Waals surface area (Å²) in [6.45, 7) is 1.08. The number of likely N-dealkylation sites (tertiary alicyclic amines) is 1. The molecule has 2 atom stereocenters. The summed E-state index contributed by atoms with van der Waals surface area (Å²) in [4.78, 5) is 35.3. The third-order valence-electron chi connectivity index (χ3n) is 3.42. The molecule has 6 heteroatoms. The first-order valence-electron chi connectivity index (χ1n) is 5.25. The van der Waals surface area contributed by atoms with Gasteiger partial charge >= 0.3 is 11.9 Å². The zero-order valence-corrected chi connectivity index (χ0v) is 8.68. The van der Waals surface area contributed by atoms with Crippen LogP contribution in [-0.4, -0.2) is 46.0 Å². The number of hydrogen-bond donors (Lipinski definition) is 2. The molecule has 1 aliphatic carbocycles. The molecule has 1 saturated heterocycles. The minimum absolute atomic E-state index is 0.0764. The summed E-state index contributed by atoms with van der Waals surface area (Å²) in [5.41, 5.74) is -1.68. The molecule has 2 N–H and O–H groups in total. The molecular weight excluding hydrogens is 214 g/mol. The Bertz CT molecular complexity index is 360. The van der Waals surface area contributed by atoms with Crippen LogP contribution in [0.15, 0.2) is 0 Å². The highest BCUT2D eigenvalue weighted by Gasteiger charge is 2.70. The number of amides is 1. The smallest absolute Gasteiger partial charge is 0.320 e. The van der Waals surface area contributed by atoms with Gasteiger partial charge in [0.1, 0.15) is 0 Å². The number of carbonyl (C=O) groups is 3. The van der Waals surface area contributed by atoms with E-state index < -0.39 is 29.2 Å². The molecule has 0 aromatic carbocycles. The maximum Gasteiger partial charge on any atom is 0.320 e. The Balaban J connectivity index is 2.19. The molecule has 88 valence electrons. The third-order valence-corrected chi connectivity index (χ3v) is 3.42. The van der Waals surface area contributed by atoms with Crippen molar-refractivity contribution in [3.05, 3.63) is 0 Å². The molecule has 1 amide bonds. The average molecular weight is 227 g/mol. The molecule has 1 aliphatic heterocycles. The molecular formula is C10H13NO5. The summed E-state index contributed by atoms with van der Waals surface area (Å²) in [6.07, 6.45) is 1.64. The van der Waals surface area contributed by atoms with Crippen LogP contribution < -0.4 is 0 Å². The maximum atomic E-state index is 12.0. The fraction of sp³-hybridized carbons (Fsp3) is 0.700. The van der Waals surface area contributed by atoms with Gasteiger partial charge in [0.05, 0.1) is 5.92 Å². The van der Waals surface area contributed by atoms with Crippen LogP contribution in [0.1, 0.15) is 19.3 Å². The molecule has 6 nitrogen and oxygen atoms in total. The summed E-state index contributed by atoms with van der Waals surface area (Å²) >= 11 is 0. The Morgan fingerprint density at radius 3 is 2.06 bits per heavy atom. The first-order valence-corrected chi connectivity index (χ1v) is 5.25. The van der Waals surface area contributed by atoms with Crippen molar-refractivity contribution in [3.63, 3.8) is 0 Å². The van der Waals surface area contributed by atoms with Crippen molar-refractivity contribution < 1.29 is 24.6 Å². The number of rotatable bonds is 3. The topological polar surface area (TPSA) is 94.9 Å². The van der Waals surface area contributed by atoms with Gasteiger partial charge in [-0.3, -0.25) is 14.4 Å². The van der Waals surface area contributed by atoms with Gasteiger partial charge in [0.15, 0.2) is 5.41 Å². The molecule has 2 rings (SSSR count). The van der Waals surface area contributed by atoms with E-state index in [1.807, 2.05) is 0 Å². The molecule has 0 radical (unpaired) electrons. The number of hydrogen-bond acceptors (Lipinski definition) is 3. The molecule has 16 heavy (non-hydrogen) atoms. The molecule has 1 heterocycles. The normalized spacial score (nSPS) is 32.5. The van der Waals surface area contributed by atoms with Crippen LogP contribution in [0.25, 0.3) is 0 Å². The molecule has 2 unspecified atom stereocenters. The maximum absolute atomic E-state index is 12.0. The van der Waals surface area contributed by atoms with Crippen molar-refractivity contribution in [1.82, 2.24) is 4.90 Å². The first-order chi connectivity index (χ1) is 7.50. The zero-order chi connectivity index (χ0) is 11.9. The summed E-state index contributed by atoms with van der Waals surface area (Å²) in [6, 6.07) is 0. The van der Waals surface area contributed by atoms with Crippen LogP contribution in [0.4, 0.5) is 0 Å². The summed E-state index contributed by atoms with van der Waals surface area (Å²) in [7, 11) is 0. The van der Waals surface area contributed by atoms with E-state index in [0.717, 1.165) is 12.8 Å². The van der Waals surface area contributed by atoms with Crippen LogP contribution in [0.5, 0.6) is 0 Å². The van der Waals surface area contributed by atoms with E-state index in [2.05, 4.69) is 0 Å². The fourth-order valence-corrected chi connectivity index (χ4v) is 2.33. The first kappa shape index (κ1) is 10.9. The minimum atomic E-state index is -1.68. The average Bonchev–Trinajstić information content (AvgIpc) is 2.77. The lowest BCUT2D eigenvalue weighted by molar-refractivity contribution is -0.157. The number of nitrogens with zero attached hydrogens (tertiary/aromatic N) is 1. The quantitative estimate of drug-likeness (QED) is 0.650. The SMILES string of the molecule is O=C(O)C1CC1(C(=O)O)C(=O)N1CCCC1. The van der Waals surface area contributed by atoms with Crippen molar-refractivity contribution >= 4 is 17.8 Å². The second kappa shape index (κ2) is 3.47. The Morgan fingerprint density at radius 1 is 1.12 bits per heavy atom. The lowest BCUT2D eigenvalue weighted by Gasteiger charge is -2.20. The van der Waals surface area contributed by atoms with E-state index in [9.17, 15) is 14.4 Å². The van der Waals surface area contributed by atoms with Gasteiger partial charge in [-0.25, -0.2) is 0 Å². The highest BCUT2D eigenvalue weighted by molar-refractivity contribution is 6.10. The van der Waals surface area contributed by atoms with Gasteiger partial charge in [-0.15, -0.1) is 0 Å². The summed E-state index contributed by atoms with van der Waals surface area (Å²) in [5.74, 6) is -4.09. The third kappa shape index (κ3) is 1.36. The van der Waals surface area contributed by atoms with Crippen LogP contribution in [0.3, 0.4) is 0 Å². The Labute approximate surface area is 91.8 Å². The van der Waals surface area contributed by atoms with Crippen LogP contribution in [-0.2, 0) is 14.4 Å². The van der Waals surface area contributed by atoms with E-state index in [4.69, 9.17) is 10.2 Å². The van der Waals surface area contributed by atoms with Crippen molar-refractivity contribution in [3.8, 4) is 0 Å². The van der Waals surface area contributed by atoms with Gasteiger partial charge in [0.25, 0.3) is 0 Å². The van der Waals surface area contributed by atoms with Crippen molar-refractivity contribution in [2.75, 3.05) is 13.1 Å². The number of aliphatic carboxylic acids is 2. The number of carboxylic acid groups (broad SMARTS) is 2. The highest BCUT2D eigenvalue weighted by Crippen LogP contribution is 2.54. The van der Waals surface area contributed by atoms with E-state index in [-0.39, 0.29) is 6.42 Å². The zero-order valence-electron chi connectivity index (χ0n) is 8.68. The standard InChI is InChI=1S/C10H13NO5/c12-7(13)6-5-10(6,9(15)16)8(14)11-3-1-2-4-11/h6H,1-5H2,(H,12,13)(H,15,16). The van der Waals surface area contributed by atoms with E-state index in [1.165, 1.54) is 4.90 Å². The van der Waals surface area contributed by atoms with Gasteiger partial charge in [0.2, 0.25) is 5.91 Å². The summed E-state index contributed by atoms with van der Waals surface area (Å²) < 4.78 is 0. The predicted octanol–water partition coefficient (Wildman–Crippen LogP) is -0.216. The van der Waals surface area contributed by atoms with E-state index in [1.54, 1.807) is 0 Å². The van der Waals surface area contributed by atoms with Gasteiger partial charge < -0.3 is 15.1 Å². The van der Waals surface area contributed by atoms with Crippen molar-refractivity contribution in [1.29, 1.82) is 0 Å². The van der Waals surface area contributed by atoms with Gasteiger partial charge in [0, 0.05) is 13.1 Å². The van der Waals surface area contributed by atoms with Crippen molar-refractivity contribution in [2.24, 2.45) is 11.3 Å². The number of carboxylic acids is 2. The van der Waals surface area contributed by atoms with E-state index >= 15 is 0 Å². The van der Waals surface area contributed by atoms with Crippen LogP contribution in [0.2, 0.25) is 0 Å². The monoisotopic (exact) mass is 227 g/mol. The van der Waals surface area contributed by atoms with Crippen molar-refractivity contribution in [2.45, 2.75) is 19.3 Å².